The van der Waals surface area contributed by atoms with Gasteiger partial charge in [0.2, 0.25) is 35.4 Å². The molecule has 74 heavy (non-hydrogen) atoms. The number of hydrogen-bond donors (Lipinski definition) is 3. The van der Waals surface area contributed by atoms with Crippen molar-refractivity contribution >= 4 is 88.3 Å². The lowest BCUT2D eigenvalue weighted by atomic mass is 9.83. The molecule has 4 saturated heterocycles. The van der Waals surface area contributed by atoms with E-state index >= 15 is 0 Å². The number of methoxy groups -OCH3 is 1. The number of benzene rings is 1. The number of rotatable bonds is 19. The van der Waals surface area contributed by atoms with Gasteiger partial charge in [0.15, 0.2) is 5.72 Å². The molecule has 10 atom stereocenters. The molecular weight excluding hydrogens is 1030 g/mol. The third-order valence-corrected chi connectivity index (χ3v) is 16.8. The van der Waals surface area contributed by atoms with Crippen molar-refractivity contribution < 1.29 is 77.0 Å². The van der Waals surface area contributed by atoms with Crippen molar-refractivity contribution in [3.63, 3.8) is 0 Å². The number of hydrogen-bond acceptors (Lipinski definition) is 18. The predicted octanol–water partition coefficient (Wildman–Crippen LogP) is 2.77. The number of halogens is 1. The van der Waals surface area contributed by atoms with E-state index in [1.54, 1.807) is 44.4 Å². The number of thioether (sulfide) groups is 2. The molecule has 2 unspecified atom stereocenters. The zero-order valence-electron chi connectivity index (χ0n) is 43.0. The fourth-order valence-corrected chi connectivity index (χ4v) is 11.5. The molecule has 0 spiro atoms. The molecular formula is C50H68ClN5O16S2. The second-order valence-corrected chi connectivity index (χ2v) is 22.0. The number of esters is 1. The molecule has 0 saturated carbocycles. The maximum Gasteiger partial charge on any atom is 0.409 e. The molecule has 0 aliphatic carbocycles. The third-order valence-electron chi connectivity index (χ3n) is 14.2. The minimum absolute atomic E-state index is 0.0279. The summed E-state index contributed by atoms with van der Waals surface area (Å²) in [5.74, 6) is -3.49. The zero-order chi connectivity index (χ0) is 54.2. The zero-order valence-corrected chi connectivity index (χ0v) is 45.4. The van der Waals surface area contributed by atoms with Crippen LogP contribution < -0.4 is 10.2 Å². The van der Waals surface area contributed by atoms with Crippen LogP contribution in [0.25, 0.3) is 0 Å². The van der Waals surface area contributed by atoms with Gasteiger partial charge in [-0.05, 0) is 50.6 Å². The summed E-state index contributed by atoms with van der Waals surface area (Å²) in [6, 6.07) is 2.31. The van der Waals surface area contributed by atoms with Gasteiger partial charge in [0.05, 0.1) is 79.9 Å². The van der Waals surface area contributed by atoms with Gasteiger partial charge in [0.25, 0.3) is 0 Å². The topological polar surface area (TPSA) is 261 Å². The van der Waals surface area contributed by atoms with Gasteiger partial charge in [-0.3, -0.25) is 43.9 Å². The van der Waals surface area contributed by atoms with Crippen molar-refractivity contribution in [3.05, 3.63) is 52.1 Å². The van der Waals surface area contributed by atoms with Crippen LogP contribution in [0.5, 0.6) is 0 Å². The number of ether oxygens (including phenoxy) is 6. The third kappa shape index (κ3) is 13.7. The summed E-state index contributed by atoms with van der Waals surface area (Å²) < 4.78 is 34.8. The number of carbonyl (C=O) groups is 8. The summed E-state index contributed by atoms with van der Waals surface area (Å²) in [7, 11) is 4.34. The molecule has 6 rings (SSSR count). The highest BCUT2D eigenvalue weighted by Crippen LogP contribution is 2.49. The van der Waals surface area contributed by atoms with Gasteiger partial charge in [-0.1, -0.05) is 48.4 Å². The Balaban J connectivity index is 1.06. The number of aliphatic hydroxyl groups is 2. The van der Waals surface area contributed by atoms with E-state index in [2.05, 4.69) is 5.32 Å². The number of nitrogens with zero attached hydrogens (tertiary/aromatic N) is 4. The highest BCUT2D eigenvalue weighted by Gasteiger charge is 2.64. The van der Waals surface area contributed by atoms with Crippen LogP contribution in [0.2, 0.25) is 5.02 Å². The molecule has 5 aliphatic rings. The molecule has 1 aromatic rings. The van der Waals surface area contributed by atoms with Gasteiger partial charge >= 0.3 is 12.1 Å². The van der Waals surface area contributed by atoms with Gasteiger partial charge < -0.3 is 48.4 Å². The smallest absolute Gasteiger partial charge is 0.409 e. The Bertz CT molecular complexity index is 2380. The molecule has 21 nitrogen and oxygen atoms in total. The van der Waals surface area contributed by atoms with Crippen LogP contribution >= 0.6 is 35.1 Å². The van der Waals surface area contributed by atoms with E-state index < -0.39 is 95.8 Å². The summed E-state index contributed by atoms with van der Waals surface area (Å²) in [4.78, 5) is 110. The maximum absolute atomic E-state index is 14.3. The van der Waals surface area contributed by atoms with Gasteiger partial charge in [-0.15, -0.1) is 11.8 Å². The highest BCUT2D eigenvalue weighted by molar-refractivity contribution is 8.00. The van der Waals surface area contributed by atoms with E-state index in [0.29, 0.717) is 17.7 Å². The van der Waals surface area contributed by atoms with Crippen LogP contribution in [0.4, 0.5) is 10.5 Å². The van der Waals surface area contributed by atoms with Crippen LogP contribution in [0, 0.1) is 5.92 Å². The molecule has 4 fully saturated rings. The van der Waals surface area contributed by atoms with Crippen LogP contribution in [-0.2, 0) is 75.0 Å². The SMILES string of the molecule is CO[C@@H]1/C=C/C=C(\C)Cc2cc(CO)c(Cl)c(c2)N(C)C(=O)C[C@H](OC(=O)[C@H](C)N(C)C(=O)CCSC2CC(=O)N(CCOCCOCCN3C(=O)CC(SC)C3=O)C2=O)[C@]2(C)O[C@H]2[C@H](C)[C@@H]2C[C@@]1(O)NC(=O)O2. The van der Waals surface area contributed by atoms with E-state index in [4.69, 9.17) is 40.0 Å². The van der Waals surface area contributed by atoms with Crippen molar-refractivity contribution in [3.8, 4) is 0 Å². The highest BCUT2D eigenvalue weighted by atomic mass is 35.5. The molecule has 24 heteroatoms. The number of likely N-dealkylation sites (tertiary alicyclic amines) is 2. The molecule has 4 bridgehead atoms. The molecule has 0 aromatic heterocycles. The number of carbonyl (C=O) groups excluding carboxylic acids is 8. The second-order valence-electron chi connectivity index (χ2n) is 19.3. The molecule has 5 heterocycles. The average Bonchev–Trinajstić information content (AvgIpc) is 3.88. The van der Waals surface area contributed by atoms with Crippen molar-refractivity contribution in [1.29, 1.82) is 0 Å². The first-order valence-corrected chi connectivity index (χ1v) is 27.2. The quantitative estimate of drug-likeness (QED) is 0.0779. The molecule has 408 valence electrons. The minimum atomic E-state index is -1.90. The number of imide groups is 2. The minimum Gasteiger partial charge on any atom is -0.457 e. The number of nitrogens with one attached hydrogen (secondary N) is 1. The Morgan fingerprint density at radius 2 is 1.62 bits per heavy atom. The van der Waals surface area contributed by atoms with E-state index in [1.165, 1.54) is 54.6 Å². The lowest BCUT2D eigenvalue weighted by molar-refractivity contribution is -0.162. The number of alkyl carbamates (subject to hydrolysis) is 1. The van der Waals surface area contributed by atoms with Crippen molar-refractivity contribution in [2.45, 2.75) is 125 Å². The monoisotopic (exact) mass is 1090 g/mol. The van der Waals surface area contributed by atoms with E-state index in [-0.39, 0.29) is 98.9 Å². The van der Waals surface area contributed by atoms with Crippen LogP contribution in [0.15, 0.2) is 35.9 Å². The summed E-state index contributed by atoms with van der Waals surface area (Å²) in [5.41, 5.74) is -0.943. The lowest BCUT2D eigenvalue weighted by Crippen LogP contribution is -2.63. The van der Waals surface area contributed by atoms with Crippen LogP contribution in [0.3, 0.4) is 0 Å². The summed E-state index contributed by atoms with van der Waals surface area (Å²) >= 11 is 9.27. The molecule has 0 radical (unpaired) electrons. The Morgan fingerprint density at radius 3 is 2.23 bits per heavy atom. The fourth-order valence-electron chi connectivity index (χ4n) is 9.47. The standard InChI is InChI=1S/C50H68ClN5O16S2/c1-28-10-9-11-37(67-7)50(66)26-34(70-48(65)52-50)29(2)44-49(4,72-44)38(25-40(59)54(6)33-22-31(20-28)21-32(27-57)43(33)51)71-47(64)30(3)53(5)39(58)12-19-74-36-24-42(61)56(46(36)63)14-16-69-18-17-68-15-13-55-41(60)23-35(73-8)45(55)62/h9-11,21-22,29-30,34-38,44,57,66H,12-20,23-27H2,1-8H3,(H,52,65)/b11-9+,28-10+/t29-,30+,34+,35?,36?,37-,38+,44+,49+,50+/m1/s1. The Hall–Kier alpha value is -4.59. The van der Waals surface area contributed by atoms with Crippen molar-refractivity contribution in [2.24, 2.45) is 5.92 Å². The lowest BCUT2D eigenvalue weighted by Gasteiger charge is -2.42. The Kier molecular flexibility index (Phi) is 20.2. The van der Waals surface area contributed by atoms with E-state index in [1.807, 2.05) is 13.0 Å². The normalized spacial score (nSPS) is 30.1. The molecule has 7 amide bonds. The predicted molar refractivity (Wildman–Crippen MR) is 273 cm³/mol. The first-order valence-electron chi connectivity index (χ1n) is 24.5. The van der Waals surface area contributed by atoms with Crippen LogP contribution in [-0.4, -0.2) is 197 Å². The Morgan fingerprint density at radius 1 is 0.986 bits per heavy atom. The summed E-state index contributed by atoms with van der Waals surface area (Å²) in [6.45, 7) is 7.11. The number of epoxide rings is 1. The van der Waals surface area contributed by atoms with Crippen molar-refractivity contribution in [2.75, 3.05) is 77.6 Å². The number of anilines is 1. The van der Waals surface area contributed by atoms with Gasteiger partial charge in [-0.2, -0.15) is 11.8 Å². The molecule has 5 aliphatic heterocycles. The maximum atomic E-state index is 14.3. The fraction of sp³-hybridized carbons (Fsp3) is 0.640. The van der Waals surface area contributed by atoms with E-state index in [0.717, 1.165) is 27.8 Å². The number of allylic oxidation sites excluding steroid dienone is 3. The van der Waals surface area contributed by atoms with E-state index in [9.17, 15) is 48.6 Å². The van der Waals surface area contributed by atoms with Gasteiger partial charge in [-0.25, -0.2) is 9.59 Å². The molecule has 3 N–H and O–H groups in total. The average molecular weight is 1090 g/mol. The van der Waals surface area contributed by atoms with Gasteiger partial charge in [0, 0.05) is 58.6 Å². The van der Waals surface area contributed by atoms with Crippen LogP contribution in [0.1, 0.15) is 70.9 Å². The number of amides is 7. The number of fused-ring (bicyclic) bond motifs is 5. The largest absolute Gasteiger partial charge is 0.457 e. The first-order chi connectivity index (χ1) is 35.1. The van der Waals surface area contributed by atoms with Crippen molar-refractivity contribution in [1.82, 2.24) is 20.0 Å². The molecule has 1 aromatic carbocycles. The van der Waals surface area contributed by atoms with Gasteiger partial charge in [0.1, 0.15) is 30.0 Å². The Labute approximate surface area is 444 Å². The first kappa shape index (κ1) is 58.7. The summed E-state index contributed by atoms with van der Waals surface area (Å²) in [6.07, 6.45) is 1.98. The number of likely N-dealkylation sites (N-methyl/N-ethyl adjacent to an activating group) is 1. The summed E-state index contributed by atoms with van der Waals surface area (Å²) in [5, 5.41) is 23.7. The second kappa shape index (κ2) is 25.5. The number of aliphatic hydroxyl groups excluding tert-OH is 1.